The summed E-state index contributed by atoms with van der Waals surface area (Å²) in [7, 11) is 0. The largest absolute Gasteiger partial charge is 0.339 e. The van der Waals surface area contributed by atoms with E-state index in [1.54, 1.807) is 17.0 Å². The molecule has 0 radical (unpaired) electrons. The molecule has 1 N–H and O–H groups in total. The maximum Gasteiger partial charge on any atom is 0.277 e. The third kappa shape index (κ3) is 4.11. The van der Waals surface area contributed by atoms with Crippen molar-refractivity contribution in [2.75, 3.05) is 18.4 Å². The van der Waals surface area contributed by atoms with Gasteiger partial charge in [-0.3, -0.25) is 29.8 Å². The summed E-state index contributed by atoms with van der Waals surface area (Å²) in [5, 5.41) is 24.4. The van der Waals surface area contributed by atoms with E-state index in [1.807, 2.05) is 0 Å². The molecule has 2 amide bonds. The molecular formula is C18H16N4O6. The molecule has 0 unspecified atom stereocenters. The number of nitrogens with one attached hydrogen (secondary N) is 1. The fourth-order valence-electron chi connectivity index (χ4n) is 2.94. The Morgan fingerprint density at radius 3 is 1.89 bits per heavy atom. The Balaban J connectivity index is 1.76. The van der Waals surface area contributed by atoms with Crippen LogP contribution in [0.2, 0.25) is 0 Å². The minimum absolute atomic E-state index is 0.0790. The maximum atomic E-state index is 12.4. The molecule has 0 saturated carbocycles. The zero-order valence-corrected chi connectivity index (χ0v) is 14.7. The number of nitro groups is 2. The lowest BCUT2D eigenvalue weighted by molar-refractivity contribution is -0.394. The number of hydrogen-bond acceptors (Lipinski definition) is 6. The second kappa shape index (κ2) is 7.82. The van der Waals surface area contributed by atoms with Gasteiger partial charge in [0.25, 0.3) is 23.2 Å². The predicted octanol–water partition coefficient (Wildman–Crippen LogP) is 2.99. The molecule has 1 aliphatic rings. The van der Waals surface area contributed by atoms with Crippen LogP contribution in [-0.2, 0) is 0 Å². The van der Waals surface area contributed by atoms with Crippen molar-refractivity contribution in [3.8, 4) is 0 Å². The minimum Gasteiger partial charge on any atom is -0.339 e. The zero-order chi connectivity index (χ0) is 20.3. The van der Waals surface area contributed by atoms with Crippen molar-refractivity contribution >= 4 is 28.9 Å². The van der Waals surface area contributed by atoms with Crippen LogP contribution in [0, 0.1) is 20.2 Å². The Morgan fingerprint density at radius 1 is 0.857 bits per heavy atom. The number of nitrogens with zero attached hydrogens (tertiary/aromatic N) is 3. The summed E-state index contributed by atoms with van der Waals surface area (Å²) >= 11 is 0. The first-order valence-corrected chi connectivity index (χ1v) is 8.50. The minimum atomic E-state index is -0.803. The molecule has 10 heteroatoms. The van der Waals surface area contributed by atoms with Gasteiger partial charge in [0.15, 0.2) is 0 Å². The normalized spacial score (nSPS) is 13.2. The summed E-state index contributed by atoms with van der Waals surface area (Å²) in [6, 6.07) is 8.94. The molecule has 0 bridgehead atoms. The third-order valence-electron chi connectivity index (χ3n) is 4.37. The number of carbonyl (C=O) groups excluding carboxylic acids is 2. The van der Waals surface area contributed by atoms with E-state index in [4.69, 9.17) is 0 Å². The van der Waals surface area contributed by atoms with Gasteiger partial charge in [-0.25, -0.2) is 0 Å². The van der Waals surface area contributed by atoms with Crippen LogP contribution in [0.15, 0.2) is 42.5 Å². The lowest BCUT2D eigenvalue weighted by Gasteiger charge is -2.15. The average Bonchev–Trinajstić information content (AvgIpc) is 3.22. The number of non-ortho nitro benzene ring substituents is 2. The van der Waals surface area contributed by atoms with E-state index in [0.717, 1.165) is 44.1 Å². The van der Waals surface area contributed by atoms with Crippen LogP contribution >= 0.6 is 0 Å². The second-order valence-corrected chi connectivity index (χ2v) is 6.28. The topological polar surface area (TPSA) is 136 Å². The number of benzene rings is 2. The molecule has 2 aromatic carbocycles. The van der Waals surface area contributed by atoms with Crippen LogP contribution in [0.1, 0.15) is 33.6 Å². The standard InChI is InChI=1S/C18H16N4O6/c23-17(13-9-15(21(25)26)11-16(10-13)22(27)28)19-14-5-3-12(4-6-14)18(24)20-7-1-2-8-20/h3-6,9-11H,1-2,7-8H2,(H,19,23). The second-order valence-electron chi connectivity index (χ2n) is 6.28. The molecule has 10 nitrogen and oxygen atoms in total. The molecule has 1 saturated heterocycles. The van der Waals surface area contributed by atoms with Gasteiger partial charge in [-0.05, 0) is 37.1 Å². The number of hydrogen-bond donors (Lipinski definition) is 1. The first-order chi connectivity index (χ1) is 13.3. The summed E-state index contributed by atoms with van der Waals surface area (Å²) in [6.07, 6.45) is 1.96. The molecule has 3 rings (SSSR count). The van der Waals surface area contributed by atoms with E-state index < -0.39 is 27.1 Å². The monoisotopic (exact) mass is 384 g/mol. The molecular weight excluding hydrogens is 368 g/mol. The molecule has 1 aliphatic heterocycles. The van der Waals surface area contributed by atoms with Crippen molar-refractivity contribution in [3.05, 3.63) is 73.8 Å². The van der Waals surface area contributed by atoms with Crippen molar-refractivity contribution in [3.63, 3.8) is 0 Å². The molecule has 2 aromatic rings. The Kier molecular flexibility index (Phi) is 5.30. The van der Waals surface area contributed by atoms with Gasteiger partial charge in [-0.2, -0.15) is 0 Å². The lowest BCUT2D eigenvalue weighted by atomic mass is 10.1. The predicted molar refractivity (Wildman–Crippen MR) is 99.3 cm³/mol. The van der Waals surface area contributed by atoms with E-state index in [2.05, 4.69) is 5.32 Å². The Bertz CT molecular complexity index is 919. The zero-order valence-electron chi connectivity index (χ0n) is 14.7. The van der Waals surface area contributed by atoms with Crippen molar-refractivity contribution in [1.82, 2.24) is 4.90 Å². The number of anilines is 1. The quantitative estimate of drug-likeness (QED) is 0.622. The van der Waals surface area contributed by atoms with Crippen molar-refractivity contribution in [2.24, 2.45) is 0 Å². The number of carbonyl (C=O) groups is 2. The van der Waals surface area contributed by atoms with Crippen LogP contribution in [0.5, 0.6) is 0 Å². The van der Waals surface area contributed by atoms with Crippen molar-refractivity contribution < 1.29 is 19.4 Å². The Labute approximate surface area is 159 Å². The SMILES string of the molecule is O=C(Nc1ccc(C(=O)N2CCCC2)cc1)c1cc([N+](=O)[O-])cc([N+](=O)[O-])c1. The number of likely N-dealkylation sites (tertiary alicyclic amines) is 1. The first-order valence-electron chi connectivity index (χ1n) is 8.50. The van der Waals surface area contributed by atoms with Gasteiger partial charge in [0.2, 0.25) is 0 Å². The molecule has 0 atom stereocenters. The van der Waals surface area contributed by atoms with Crippen LogP contribution in [0.4, 0.5) is 17.1 Å². The van der Waals surface area contributed by atoms with Crippen LogP contribution in [0.3, 0.4) is 0 Å². The summed E-state index contributed by atoms with van der Waals surface area (Å²) in [4.78, 5) is 46.7. The van der Waals surface area contributed by atoms with Crippen LogP contribution in [-0.4, -0.2) is 39.7 Å². The maximum absolute atomic E-state index is 12.4. The van der Waals surface area contributed by atoms with Gasteiger partial charge in [0, 0.05) is 36.5 Å². The van der Waals surface area contributed by atoms with E-state index >= 15 is 0 Å². The molecule has 1 heterocycles. The average molecular weight is 384 g/mol. The van der Waals surface area contributed by atoms with Gasteiger partial charge in [-0.15, -0.1) is 0 Å². The highest BCUT2D eigenvalue weighted by molar-refractivity contribution is 6.05. The highest BCUT2D eigenvalue weighted by atomic mass is 16.6. The highest BCUT2D eigenvalue weighted by Crippen LogP contribution is 2.23. The summed E-state index contributed by atoms with van der Waals surface area (Å²) in [6.45, 7) is 1.45. The molecule has 28 heavy (non-hydrogen) atoms. The van der Waals surface area contributed by atoms with E-state index in [1.165, 1.54) is 12.1 Å². The lowest BCUT2D eigenvalue weighted by Crippen LogP contribution is -2.27. The van der Waals surface area contributed by atoms with Gasteiger partial charge in [0.05, 0.1) is 21.5 Å². The first kappa shape index (κ1) is 19.0. The summed E-state index contributed by atoms with van der Waals surface area (Å²) in [5.41, 5.74) is -0.460. The molecule has 144 valence electrons. The highest BCUT2D eigenvalue weighted by Gasteiger charge is 2.21. The third-order valence-corrected chi connectivity index (χ3v) is 4.37. The Morgan fingerprint density at radius 2 is 1.39 bits per heavy atom. The van der Waals surface area contributed by atoms with Gasteiger partial charge in [0.1, 0.15) is 0 Å². The molecule has 1 fully saturated rings. The van der Waals surface area contributed by atoms with Crippen LogP contribution < -0.4 is 5.32 Å². The summed E-state index contributed by atoms with van der Waals surface area (Å²) in [5.74, 6) is -0.810. The van der Waals surface area contributed by atoms with Crippen molar-refractivity contribution in [1.29, 1.82) is 0 Å². The molecule has 0 aliphatic carbocycles. The molecule has 0 spiro atoms. The smallest absolute Gasteiger partial charge is 0.277 e. The fourth-order valence-corrected chi connectivity index (χ4v) is 2.94. The van der Waals surface area contributed by atoms with E-state index in [0.29, 0.717) is 11.3 Å². The van der Waals surface area contributed by atoms with Crippen molar-refractivity contribution in [2.45, 2.75) is 12.8 Å². The van der Waals surface area contributed by atoms with Gasteiger partial charge < -0.3 is 10.2 Å². The Hall–Kier alpha value is -3.82. The number of rotatable bonds is 5. The van der Waals surface area contributed by atoms with Gasteiger partial charge in [-0.1, -0.05) is 0 Å². The van der Waals surface area contributed by atoms with E-state index in [-0.39, 0.29) is 11.5 Å². The summed E-state index contributed by atoms with van der Waals surface area (Å²) < 4.78 is 0. The number of amides is 2. The van der Waals surface area contributed by atoms with Gasteiger partial charge >= 0.3 is 0 Å². The fraction of sp³-hybridized carbons (Fsp3) is 0.222. The van der Waals surface area contributed by atoms with Crippen LogP contribution in [0.25, 0.3) is 0 Å². The number of nitro benzene ring substituents is 2. The van der Waals surface area contributed by atoms with E-state index in [9.17, 15) is 29.8 Å². The molecule has 0 aromatic heterocycles.